The smallest absolute Gasteiger partial charge is 0.235 e. The molecule has 0 unspecified atom stereocenters. The van der Waals surface area contributed by atoms with Crippen molar-refractivity contribution in [3.05, 3.63) is 27.2 Å². The van der Waals surface area contributed by atoms with Crippen LogP contribution >= 0.6 is 34.8 Å². The fraction of sp³-hybridized carbons (Fsp3) is 0.125. The second-order valence-electron chi connectivity index (χ2n) is 2.55. The number of hydrazine groups is 1. The molecule has 0 aliphatic rings. The van der Waals surface area contributed by atoms with Gasteiger partial charge in [0.05, 0.1) is 15.7 Å². The Balaban J connectivity index is 2.91. The third-order valence-corrected chi connectivity index (χ3v) is 2.18. The third kappa shape index (κ3) is 2.94. The Labute approximate surface area is 96.3 Å². The maximum Gasteiger partial charge on any atom is 0.235 e. The second kappa shape index (κ2) is 4.73. The van der Waals surface area contributed by atoms with Gasteiger partial charge < -0.3 is 0 Å². The van der Waals surface area contributed by atoms with E-state index in [1.165, 1.54) is 19.1 Å². The third-order valence-electron chi connectivity index (χ3n) is 1.37. The molecule has 0 spiro atoms. The molecule has 1 rings (SSSR count). The molecule has 14 heavy (non-hydrogen) atoms. The van der Waals surface area contributed by atoms with Gasteiger partial charge in [0.2, 0.25) is 5.91 Å². The van der Waals surface area contributed by atoms with Gasteiger partial charge in [0, 0.05) is 11.9 Å². The van der Waals surface area contributed by atoms with Crippen LogP contribution in [-0.4, -0.2) is 5.91 Å². The first-order valence-electron chi connectivity index (χ1n) is 3.68. The molecule has 0 fully saturated rings. The molecule has 1 aromatic carbocycles. The zero-order valence-corrected chi connectivity index (χ0v) is 9.46. The zero-order chi connectivity index (χ0) is 10.7. The summed E-state index contributed by atoms with van der Waals surface area (Å²) in [6.45, 7) is 1.37. The standard InChI is InChI=1S/C8H7Cl3N2O/c1-4(14)12-13-8-6(10)2-5(9)3-7(8)11/h2-3,13H,1H3,(H,12,14). The van der Waals surface area contributed by atoms with Crippen LogP contribution in [0.5, 0.6) is 0 Å². The van der Waals surface area contributed by atoms with Crippen LogP contribution in [-0.2, 0) is 4.79 Å². The van der Waals surface area contributed by atoms with Gasteiger partial charge in [-0.05, 0) is 12.1 Å². The number of anilines is 1. The lowest BCUT2D eigenvalue weighted by Gasteiger charge is -2.10. The molecule has 6 heteroatoms. The van der Waals surface area contributed by atoms with Crippen LogP contribution in [0.4, 0.5) is 5.69 Å². The van der Waals surface area contributed by atoms with Crippen molar-refractivity contribution in [1.82, 2.24) is 5.43 Å². The number of amides is 1. The molecule has 0 saturated carbocycles. The zero-order valence-electron chi connectivity index (χ0n) is 7.20. The van der Waals surface area contributed by atoms with Crippen molar-refractivity contribution in [2.45, 2.75) is 6.92 Å². The molecule has 0 aliphatic heterocycles. The number of carbonyl (C=O) groups excluding carboxylic acids is 1. The Morgan fingerprint density at radius 2 is 1.71 bits per heavy atom. The quantitative estimate of drug-likeness (QED) is 0.795. The van der Waals surface area contributed by atoms with Crippen molar-refractivity contribution in [3.63, 3.8) is 0 Å². The fourth-order valence-electron chi connectivity index (χ4n) is 0.812. The van der Waals surface area contributed by atoms with Crippen LogP contribution in [0, 0.1) is 0 Å². The normalized spacial score (nSPS) is 9.71. The molecule has 0 radical (unpaired) electrons. The van der Waals surface area contributed by atoms with E-state index in [0.717, 1.165) is 0 Å². The van der Waals surface area contributed by atoms with Crippen molar-refractivity contribution in [2.75, 3.05) is 5.43 Å². The summed E-state index contributed by atoms with van der Waals surface area (Å²) in [5, 5.41) is 1.13. The highest BCUT2D eigenvalue weighted by atomic mass is 35.5. The first-order chi connectivity index (χ1) is 6.50. The second-order valence-corrected chi connectivity index (χ2v) is 3.80. The molecule has 1 aromatic rings. The van der Waals surface area contributed by atoms with Crippen molar-refractivity contribution in [2.24, 2.45) is 0 Å². The summed E-state index contributed by atoms with van der Waals surface area (Å²) in [5.74, 6) is -0.243. The van der Waals surface area contributed by atoms with Gasteiger partial charge in [-0.1, -0.05) is 34.8 Å². The van der Waals surface area contributed by atoms with Crippen LogP contribution in [0.3, 0.4) is 0 Å². The number of benzene rings is 1. The minimum atomic E-state index is -0.243. The SMILES string of the molecule is CC(=O)NNc1c(Cl)cc(Cl)cc1Cl. The van der Waals surface area contributed by atoms with Gasteiger partial charge in [-0.15, -0.1) is 0 Å². The predicted molar refractivity (Wildman–Crippen MR) is 58.9 cm³/mol. The Hall–Kier alpha value is -0.640. The van der Waals surface area contributed by atoms with E-state index < -0.39 is 0 Å². The monoisotopic (exact) mass is 252 g/mol. The van der Waals surface area contributed by atoms with E-state index in [4.69, 9.17) is 34.8 Å². The van der Waals surface area contributed by atoms with Gasteiger partial charge in [-0.2, -0.15) is 0 Å². The highest BCUT2D eigenvalue weighted by Crippen LogP contribution is 2.32. The Kier molecular flexibility index (Phi) is 3.86. The topological polar surface area (TPSA) is 41.1 Å². The van der Waals surface area contributed by atoms with Crippen molar-refractivity contribution in [3.8, 4) is 0 Å². The minimum Gasteiger partial charge on any atom is -0.296 e. The van der Waals surface area contributed by atoms with Crippen LogP contribution in [0.2, 0.25) is 15.1 Å². The van der Waals surface area contributed by atoms with Crippen LogP contribution in [0.15, 0.2) is 12.1 Å². The van der Waals surface area contributed by atoms with E-state index in [2.05, 4.69) is 10.9 Å². The Bertz CT molecular complexity index is 345. The molecule has 0 bridgehead atoms. The lowest BCUT2D eigenvalue weighted by atomic mass is 10.3. The average Bonchev–Trinajstić information content (AvgIpc) is 2.01. The van der Waals surface area contributed by atoms with Gasteiger partial charge in [0.15, 0.2) is 0 Å². The fourth-order valence-corrected chi connectivity index (χ4v) is 1.72. The summed E-state index contributed by atoms with van der Waals surface area (Å²) in [6.07, 6.45) is 0. The summed E-state index contributed by atoms with van der Waals surface area (Å²) < 4.78 is 0. The minimum absolute atomic E-state index is 0.243. The van der Waals surface area contributed by atoms with E-state index in [-0.39, 0.29) is 5.91 Å². The number of nitrogens with one attached hydrogen (secondary N) is 2. The number of hydrogen-bond acceptors (Lipinski definition) is 2. The first-order valence-corrected chi connectivity index (χ1v) is 4.81. The molecule has 1 amide bonds. The van der Waals surface area contributed by atoms with Gasteiger partial charge >= 0.3 is 0 Å². The van der Waals surface area contributed by atoms with Crippen molar-refractivity contribution >= 4 is 46.4 Å². The number of rotatable bonds is 2. The predicted octanol–water partition coefficient (Wildman–Crippen LogP) is 3.11. The maximum atomic E-state index is 10.6. The Morgan fingerprint density at radius 3 is 2.14 bits per heavy atom. The lowest BCUT2D eigenvalue weighted by molar-refractivity contribution is -0.118. The molecule has 0 aromatic heterocycles. The molecule has 0 saturated heterocycles. The summed E-state index contributed by atoms with van der Waals surface area (Å²) >= 11 is 17.4. The lowest BCUT2D eigenvalue weighted by Crippen LogP contribution is -2.26. The first kappa shape index (κ1) is 11.4. The van der Waals surface area contributed by atoms with E-state index in [1.54, 1.807) is 0 Å². The van der Waals surface area contributed by atoms with Crippen LogP contribution in [0.1, 0.15) is 6.92 Å². The van der Waals surface area contributed by atoms with Gasteiger partial charge in [-0.3, -0.25) is 15.6 Å². The van der Waals surface area contributed by atoms with Crippen LogP contribution in [0.25, 0.3) is 0 Å². The molecule has 0 aliphatic carbocycles. The number of carbonyl (C=O) groups is 1. The summed E-state index contributed by atoms with van der Waals surface area (Å²) in [6, 6.07) is 3.05. The molecule has 2 N–H and O–H groups in total. The highest BCUT2D eigenvalue weighted by Gasteiger charge is 2.07. The van der Waals surface area contributed by atoms with Crippen LogP contribution < -0.4 is 10.9 Å². The molecular weight excluding hydrogens is 246 g/mol. The maximum absolute atomic E-state index is 10.6. The largest absolute Gasteiger partial charge is 0.296 e. The average molecular weight is 254 g/mol. The molecule has 0 atom stereocenters. The number of hydrogen-bond donors (Lipinski definition) is 2. The summed E-state index contributed by atoms with van der Waals surface area (Å²) in [5.41, 5.74) is 5.37. The Morgan fingerprint density at radius 1 is 1.21 bits per heavy atom. The highest BCUT2D eigenvalue weighted by molar-refractivity contribution is 6.41. The van der Waals surface area contributed by atoms with E-state index in [1.807, 2.05) is 0 Å². The van der Waals surface area contributed by atoms with Gasteiger partial charge in [0.1, 0.15) is 0 Å². The molecule has 3 nitrogen and oxygen atoms in total. The molecule has 76 valence electrons. The number of halogens is 3. The van der Waals surface area contributed by atoms with Crippen molar-refractivity contribution in [1.29, 1.82) is 0 Å². The molecule has 0 heterocycles. The van der Waals surface area contributed by atoms with E-state index >= 15 is 0 Å². The summed E-state index contributed by atoms with van der Waals surface area (Å²) in [4.78, 5) is 10.6. The van der Waals surface area contributed by atoms with E-state index in [9.17, 15) is 4.79 Å². The molecular formula is C8H7Cl3N2O. The van der Waals surface area contributed by atoms with Crippen molar-refractivity contribution < 1.29 is 4.79 Å². The summed E-state index contributed by atoms with van der Waals surface area (Å²) in [7, 11) is 0. The van der Waals surface area contributed by atoms with Gasteiger partial charge in [0.25, 0.3) is 0 Å². The van der Waals surface area contributed by atoms with E-state index in [0.29, 0.717) is 20.8 Å². The van der Waals surface area contributed by atoms with Gasteiger partial charge in [-0.25, -0.2) is 0 Å².